The maximum absolute atomic E-state index is 13.3. The first-order valence-electron chi connectivity index (χ1n) is 9.88. The lowest BCUT2D eigenvalue weighted by Gasteiger charge is -2.35. The van der Waals surface area contributed by atoms with Crippen molar-refractivity contribution in [3.63, 3.8) is 0 Å². The second kappa shape index (κ2) is 8.95. The van der Waals surface area contributed by atoms with E-state index < -0.39 is 5.82 Å². The van der Waals surface area contributed by atoms with E-state index in [9.17, 15) is 14.0 Å². The van der Waals surface area contributed by atoms with Crippen LogP contribution in [0.4, 0.5) is 10.1 Å². The van der Waals surface area contributed by atoms with Crippen LogP contribution < -0.4 is 16.0 Å². The third-order valence-corrected chi connectivity index (χ3v) is 6.69. The van der Waals surface area contributed by atoms with Crippen molar-refractivity contribution < 1.29 is 9.18 Å². The van der Waals surface area contributed by atoms with Crippen LogP contribution in [0.25, 0.3) is 0 Å². The predicted molar refractivity (Wildman–Crippen MR) is 117 cm³/mol. The molecular formula is C20H23ClFN5O2S. The zero-order chi connectivity index (χ0) is 21.3. The summed E-state index contributed by atoms with van der Waals surface area (Å²) >= 11 is 7.01. The van der Waals surface area contributed by atoms with Gasteiger partial charge >= 0.3 is 5.69 Å². The maximum atomic E-state index is 13.3. The Kier molecular flexibility index (Phi) is 6.31. The molecule has 160 valence electrons. The molecule has 2 aliphatic rings. The molecule has 0 radical (unpaired) electrons. The highest BCUT2D eigenvalue weighted by Crippen LogP contribution is 2.29. The van der Waals surface area contributed by atoms with Gasteiger partial charge in [-0.1, -0.05) is 23.4 Å². The van der Waals surface area contributed by atoms with Crippen molar-refractivity contribution in [1.82, 2.24) is 14.6 Å². The third kappa shape index (κ3) is 4.48. The van der Waals surface area contributed by atoms with Gasteiger partial charge in [0, 0.05) is 37.4 Å². The monoisotopic (exact) mass is 451 g/mol. The van der Waals surface area contributed by atoms with Gasteiger partial charge in [-0.15, -0.1) is 0 Å². The zero-order valence-electron chi connectivity index (χ0n) is 16.7. The largest absolute Gasteiger partial charge is 0.367 e. The lowest BCUT2D eigenvalue weighted by molar-refractivity contribution is -0.113. The van der Waals surface area contributed by atoms with E-state index in [-0.39, 0.29) is 22.4 Å². The van der Waals surface area contributed by atoms with Crippen molar-refractivity contribution in [2.45, 2.75) is 24.3 Å². The number of carbonyl (C=O) groups excluding carboxylic acids is 1. The number of nitrogens with one attached hydrogen (secondary N) is 1. The lowest BCUT2D eigenvalue weighted by atomic mass is 10.3. The number of hydrogen-bond donors (Lipinski definition) is 1. The van der Waals surface area contributed by atoms with Gasteiger partial charge in [-0.3, -0.25) is 4.79 Å². The summed E-state index contributed by atoms with van der Waals surface area (Å²) in [6.45, 7) is 3.40. The molecule has 1 N–H and O–H groups in total. The van der Waals surface area contributed by atoms with Gasteiger partial charge in [-0.05, 0) is 44.5 Å². The van der Waals surface area contributed by atoms with Gasteiger partial charge in [0.2, 0.25) is 5.91 Å². The molecule has 0 saturated carbocycles. The molecule has 0 bridgehead atoms. The van der Waals surface area contributed by atoms with E-state index in [1.165, 1.54) is 30.0 Å². The number of likely N-dealkylation sites (N-methyl/N-ethyl adjacent to an activating group) is 1. The van der Waals surface area contributed by atoms with Crippen LogP contribution in [-0.2, 0) is 17.6 Å². The number of fused-ring (bicyclic) bond motifs is 1. The summed E-state index contributed by atoms with van der Waals surface area (Å²) in [4.78, 5) is 31.7. The Balaban J connectivity index is 1.48. The first-order chi connectivity index (χ1) is 14.4. The smallest absolute Gasteiger partial charge is 0.325 e. The van der Waals surface area contributed by atoms with Gasteiger partial charge < -0.3 is 15.2 Å². The van der Waals surface area contributed by atoms with Crippen LogP contribution in [0.5, 0.6) is 0 Å². The molecule has 1 amide bonds. The zero-order valence-corrected chi connectivity index (χ0v) is 18.2. The second-order valence-corrected chi connectivity index (χ2v) is 8.88. The molecule has 0 spiro atoms. The van der Waals surface area contributed by atoms with Gasteiger partial charge in [0.05, 0.1) is 16.5 Å². The number of rotatable bonds is 5. The molecule has 0 unspecified atom stereocenters. The molecule has 1 saturated heterocycles. The van der Waals surface area contributed by atoms with Crippen LogP contribution >= 0.6 is 23.4 Å². The standard InChI is InChI=1S/C20H23ClFN5O2S/c1-25-7-9-26(10-8-25)27-17-4-2-3-14(17)19(24-20(27)29)30-12-18(28)23-13-5-6-16(22)15(21)11-13/h5-6,11H,2-4,7-10,12H2,1H3,(H,23,28). The van der Waals surface area contributed by atoms with E-state index in [0.717, 1.165) is 56.7 Å². The van der Waals surface area contributed by atoms with Crippen LogP contribution in [0.2, 0.25) is 5.02 Å². The summed E-state index contributed by atoms with van der Waals surface area (Å²) in [6.07, 6.45) is 2.67. The normalized spacial score (nSPS) is 16.6. The number of halogens is 2. The van der Waals surface area contributed by atoms with Gasteiger partial charge in [0.1, 0.15) is 10.8 Å². The summed E-state index contributed by atoms with van der Waals surface area (Å²) in [5, 5.41) is 5.36. The molecule has 2 aromatic rings. The fourth-order valence-electron chi connectivity index (χ4n) is 3.82. The maximum Gasteiger partial charge on any atom is 0.367 e. The fraction of sp³-hybridized carbons (Fsp3) is 0.450. The summed E-state index contributed by atoms with van der Waals surface area (Å²) in [5.41, 5.74) is 2.23. The average Bonchev–Trinajstić information content (AvgIpc) is 3.20. The van der Waals surface area contributed by atoms with Crippen molar-refractivity contribution in [3.05, 3.63) is 50.8 Å². The van der Waals surface area contributed by atoms with Gasteiger partial charge in [0.25, 0.3) is 0 Å². The Labute approximate surface area is 183 Å². The first kappa shape index (κ1) is 21.1. The third-order valence-electron chi connectivity index (χ3n) is 5.39. The fourth-order valence-corrected chi connectivity index (χ4v) is 4.88. The summed E-state index contributed by atoms with van der Waals surface area (Å²) < 4.78 is 15.0. The van der Waals surface area contributed by atoms with Crippen LogP contribution in [0.15, 0.2) is 28.0 Å². The molecule has 30 heavy (non-hydrogen) atoms. The predicted octanol–water partition coefficient (Wildman–Crippen LogP) is 2.14. The minimum absolute atomic E-state index is 0.0487. The van der Waals surface area contributed by atoms with Crippen LogP contribution in [-0.4, -0.2) is 59.4 Å². The highest BCUT2D eigenvalue weighted by atomic mass is 35.5. The highest BCUT2D eigenvalue weighted by Gasteiger charge is 2.26. The molecule has 1 aliphatic heterocycles. The molecule has 2 heterocycles. The van der Waals surface area contributed by atoms with Gasteiger partial charge in [-0.2, -0.15) is 4.98 Å². The summed E-state index contributed by atoms with van der Waals surface area (Å²) in [5.74, 6) is -0.698. The molecule has 1 aliphatic carbocycles. The molecular weight excluding hydrogens is 429 g/mol. The van der Waals surface area contributed by atoms with Crippen molar-refractivity contribution in [2.75, 3.05) is 49.3 Å². The number of nitrogens with zero attached hydrogens (tertiary/aromatic N) is 4. The van der Waals surface area contributed by atoms with Gasteiger partial charge in [0.15, 0.2) is 0 Å². The molecule has 1 aromatic carbocycles. The Morgan fingerprint density at radius 3 is 2.77 bits per heavy atom. The van der Waals surface area contributed by atoms with Crippen LogP contribution in [0.1, 0.15) is 17.7 Å². The average molecular weight is 452 g/mol. The molecule has 4 rings (SSSR count). The summed E-state index contributed by atoms with van der Waals surface area (Å²) in [7, 11) is 2.08. The van der Waals surface area contributed by atoms with Crippen molar-refractivity contribution >= 4 is 35.0 Å². The Morgan fingerprint density at radius 2 is 2.03 bits per heavy atom. The molecule has 1 fully saturated rings. The van der Waals surface area contributed by atoms with Crippen LogP contribution in [0, 0.1) is 5.82 Å². The summed E-state index contributed by atoms with van der Waals surface area (Å²) in [6, 6.07) is 4.03. The van der Waals surface area contributed by atoms with Crippen LogP contribution in [0.3, 0.4) is 0 Å². The number of hydrogen-bond acceptors (Lipinski definition) is 6. The number of piperazine rings is 1. The topological polar surface area (TPSA) is 70.5 Å². The minimum atomic E-state index is -0.537. The SMILES string of the molecule is CN1CCN(n2c3c(c(SCC(=O)Nc4ccc(F)c(Cl)c4)nc2=O)CCC3)CC1. The van der Waals surface area contributed by atoms with E-state index in [2.05, 4.69) is 27.3 Å². The highest BCUT2D eigenvalue weighted by molar-refractivity contribution is 8.00. The molecule has 7 nitrogen and oxygen atoms in total. The van der Waals surface area contributed by atoms with E-state index in [0.29, 0.717) is 10.7 Å². The van der Waals surface area contributed by atoms with E-state index in [4.69, 9.17) is 11.6 Å². The lowest BCUT2D eigenvalue weighted by Crippen LogP contribution is -2.54. The van der Waals surface area contributed by atoms with Gasteiger partial charge in [-0.25, -0.2) is 13.9 Å². The van der Waals surface area contributed by atoms with E-state index in [1.54, 1.807) is 4.68 Å². The number of benzene rings is 1. The number of anilines is 1. The molecule has 0 atom stereocenters. The van der Waals surface area contributed by atoms with E-state index in [1.807, 2.05) is 0 Å². The molecule has 10 heteroatoms. The second-order valence-electron chi connectivity index (χ2n) is 7.51. The number of aromatic nitrogens is 2. The first-order valence-corrected chi connectivity index (χ1v) is 11.2. The van der Waals surface area contributed by atoms with Crippen molar-refractivity contribution in [3.8, 4) is 0 Å². The van der Waals surface area contributed by atoms with Crippen molar-refractivity contribution in [1.29, 1.82) is 0 Å². The quantitative estimate of drug-likeness (QED) is 0.555. The number of thioether (sulfide) groups is 1. The Hall–Kier alpha value is -2.10. The number of carbonyl (C=O) groups is 1. The number of amides is 1. The van der Waals surface area contributed by atoms with Crippen molar-refractivity contribution in [2.24, 2.45) is 0 Å². The van der Waals surface area contributed by atoms with E-state index >= 15 is 0 Å². The molecule has 1 aromatic heterocycles. The minimum Gasteiger partial charge on any atom is -0.325 e. The Morgan fingerprint density at radius 1 is 1.27 bits per heavy atom. The Bertz CT molecular complexity index is 1020.